The predicted molar refractivity (Wildman–Crippen MR) is 96.5 cm³/mol. The highest BCUT2D eigenvalue weighted by molar-refractivity contribution is 6.30. The molecule has 1 aromatic carbocycles. The van der Waals surface area contributed by atoms with Gasteiger partial charge in [-0.25, -0.2) is 9.97 Å². The molecule has 6 heteroatoms. The van der Waals surface area contributed by atoms with Crippen molar-refractivity contribution in [1.82, 2.24) is 9.97 Å². The molecule has 0 aliphatic carbocycles. The first-order chi connectivity index (χ1) is 11.5. The number of aryl methyl sites for hydroxylation is 2. The minimum absolute atomic E-state index is 0.0337. The van der Waals surface area contributed by atoms with E-state index in [4.69, 9.17) is 11.6 Å². The van der Waals surface area contributed by atoms with Gasteiger partial charge in [-0.1, -0.05) is 11.6 Å². The summed E-state index contributed by atoms with van der Waals surface area (Å²) >= 11 is 5.88. The number of anilines is 2. The minimum Gasteiger partial charge on any atom is -0.340 e. The van der Waals surface area contributed by atoms with E-state index in [-0.39, 0.29) is 11.8 Å². The Balaban J connectivity index is 1.68. The van der Waals surface area contributed by atoms with Crippen molar-refractivity contribution in [3.05, 3.63) is 46.7 Å². The summed E-state index contributed by atoms with van der Waals surface area (Å²) in [5.74, 6) is 0.682. The van der Waals surface area contributed by atoms with Crippen LogP contribution < -0.4 is 10.2 Å². The van der Waals surface area contributed by atoms with E-state index in [1.54, 1.807) is 12.1 Å². The first-order valence-electron chi connectivity index (χ1n) is 8.15. The summed E-state index contributed by atoms with van der Waals surface area (Å²) in [6, 6.07) is 9.13. The number of piperidine rings is 1. The van der Waals surface area contributed by atoms with Gasteiger partial charge in [-0.15, -0.1) is 0 Å². The van der Waals surface area contributed by atoms with E-state index >= 15 is 0 Å². The first kappa shape index (κ1) is 16.7. The van der Waals surface area contributed by atoms with Crippen molar-refractivity contribution in [3.8, 4) is 0 Å². The summed E-state index contributed by atoms with van der Waals surface area (Å²) in [5, 5.41) is 3.62. The molecule has 1 N–H and O–H groups in total. The average Bonchev–Trinajstić information content (AvgIpc) is 2.56. The fourth-order valence-electron chi connectivity index (χ4n) is 3.00. The van der Waals surface area contributed by atoms with Crippen molar-refractivity contribution in [1.29, 1.82) is 0 Å². The van der Waals surface area contributed by atoms with Crippen molar-refractivity contribution in [2.75, 3.05) is 23.3 Å². The molecule has 0 bridgehead atoms. The number of carbonyl (C=O) groups excluding carboxylic acids is 1. The van der Waals surface area contributed by atoms with Gasteiger partial charge in [0.2, 0.25) is 11.9 Å². The number of amides is 1. The molecule has 1 atom stereocenters. The number of nitrogens with zero attached hydrogens (tertiary/aromatic N) is 3. The zero-order chi connectivity index (χ0) is 17.1. The molecule has 0 spiro atoms. The van der Waals surface area contributed by atoms with Crippen LogP contribution in [0.2, 0.25) is 5.02 Å². The molecule has 0 saturated carbocycles. The molecule has 1 fully saturated rings. The third kappa shape index (κ3) is 4.03. The van der Waals surface area contributed by atoms with Gasteiger partial charge in [0.15, 0.2) is 0 Å². The molecule has 5 nitrogen and oxygen atoms in total. The zero-order valence-corrected chi connectivity index (χ0v) is 14.7. The van der Waals surface area contributed by atoms with Crippen molar-refractivity contribution in [2.24, 2.45) is 5.92 Å². The smallest absolute Gasteiger partial charge is 0.229 e. The van der Waals surface area contributed by atoms with Gasteiger partial charge in [0, 0.05) is 35.2 Å². The maximum Gasteiger partial charge on any atom is 0.229 e. The number of halogens is 1. The molecule has 0 radical (unpaired) electrons. The molecule has 1 aliphatic heterocycles. The van der Waals surface area contributed by atoms with Crippen LogP contribution in [0, 0.1) is 19.8 Å². The summed E-state index contributed by atoms with van der Waals surface area (Å²) in [5.41, 5.74) is 2.67. The second kappa shape index (κ2) is 7.18. The Morgan fingerprint density at radius 1 is 1.21 bits per heavy atom. The molecule has 1 unspecified atom stereocenters. The predicted octanol–water partition coefficient (Wildman–Crippen LogP) is 3.60. The third-order valence-electron chi connectivity index (χ3n) is 4.16. The van der Waals surface area contributed by atoms with Gasteiger partial charge < -0.3 is 10.2 Å². The van der Waals surface area contributed by atoms with E-state index in [1.807, 2.05) is 32.0 Å². The van der Waals surface area contributed by atoms with Gasteiger partial charge in [0.05, 0.1) is 5.92 Å². The Morgan fingerprint density at radius 2 is 1.88 bits per heavy atom. The molecule has 1 saturated heterocycles. The second-order valence-corrected chi connectivity index (χ2v) is 6.67. The van der Waals surface area contributed by atoms with Gasteiger partial charge in [-0.2, -0.15) is 0 Å². The van der Waals surface area contributed by atoms with Gasteiger partial charge >= 0.3 is 0 Å². The summed E-state index contributed by atoms with van der Waals surface area (Å²) in [6.45, 7) is 5.45. The Kier molecular flexibility index (Phi) is 5.00. The molecule has 24 heavy (non-hydrogen) atoms. The van der Waals surface area contributed by atoms with Crippen molar-refractivity contribution in [2.45, 2.75) is 26.7 Å². The number of nitrogens with one attached hydrogen (secondary N) is 1. The lowest BCUT2D eigenvalue weighted by Gasteiger charge is -2.32. The summed E-state index contributed by atoms with van der Waals surface area (Å²) < 4.78 is 0. The number of rotatable bonds is 3. The standard InChI is InChI=1S/C18H21ClN4O/c1-12-10-13(2)21-18(20-12)23-9-3-4-14(11-23)17(24)22-16-7-5-15(19)6-8-16/h5-8,10,14H,3-4,9,11H2,1-2H3,(H,22,24). The Labute approximate surface area is 147 Å². The van der Waals surface area contributed by atoms with Crippen LogP contribution in [0.4, 0.5) is 11.6 Å². The van der Waals surface area contributed by atoms with E-state index in [0.29, 0.717) is 11.6 Å². The van der Waals surface area contributed by atoms with Gasteiger partial charge in [-0.05, 0) is 57.0 Å². The van der Waals surface area contributed by atoms with Crippen LogP contribution in [-0.2, 0) is 4.79 Å². The van der Waals surface area contributed by atoms with Crippen LogP contribution in [0.5, 0.6) is 0 Å². The quantitative estimate of drug-likeness (QED) is 0.924. The second-order valence-electron chi connectivity index (χ2n) is 6.23. The summed E-state index contributed by atoms with van der Waals surface area (Å²) in [6.07, 6.45) is 1.83. The van der Waals surface area contributed by atoms with E-state index in [2.05, 4.69) is 20.2 Å². The van der Waals surface area contributed by atoms with Crippen LogP contribution >= 0.6 is 11.6 Å². The fourth-order valence-corrected chi connectivity index (χ4v) is 3.13. The highest BCUT2D eigenvalue weighted by atomic mass is 35.5. The first-order valence-corrected chi connectivity index (χ1v) is 8.53. The number of carbonyl (C=O) groups is 1. The van der Waals surface area contributed by atoms with Gasteiger partial charge in [0.1, 0.15) is 0 Å². The maximum absolute atomic E-state index is 12.6. The van der Waals surface area contributed by atoms with E-state index < -0.39 is 0 Å². The molecular formula is C18H21ClN4O. The number of aromatic nitrogens is 2. The molecule has 1 aliphatic rings. The molecule has 2 aromatic rings. The van der Waals surface area contributed by atoms with E-state index in [9.17, 15) is 4.79 Å². The van der Waals surface area contributed by atoms with Gasteiger partial charge in [-0.3, -0.25) is 4.79 Å². The largest absolute Gasteiger partial charge is 0.340 e. The Bertz CT molecular complexity index is 712. The lowest BCUT2D eigenvalue weighted by Crippen LogP contribution is -2.41. The molecule has 2 heterocycles. The van der Waals surface area contributed by atoms with E-state index in [0.717, 1.165) is 42.4 Å². The molecule has 1 aromatic heterocycles. The van der Waals surface area contributed by atoms with E-state index in [1.165, 1.54) is 0 Å². The summed E-state index contributed by atoms with van der Waals surface area (Å²) in [4.78, 5) is 23.7. The summed E-state index contributed by atoms with van der Waals surface area (Å²) in [7, 11) is 0. The maximum atomic E-state index is 12.6. The monoisotopic (exact) mass is 344 g/mol. The molecule has 3 rings (SSSR count). The SMILES string of the molecule is Cc1cc(C)nc(N2CCCC(C(=O)Nc3ccc(Cl)cc3)C2)n1. The molecule has 1 amide bonds. The number of hydrogen-bond donors (Lipinski definition) is 1. The Hall–Kier alpha value is -2.14. The fraction of sp³-hybridized carbons (Fsp3) is 0.389. The topological polar surface area (TPSA) is 58.1 Å². The van der Waals surface area contributed by atoms with Crippen molar-refractivity contribution >= 4 is 29.1 Å². The van der Waals surface area contributed by atoms with Gasteiger partial charge in [0.25, 0.3) is 0 Å². The van der Waals surface area contributed by atoms with Crippen LogP contribution in [0.1, 0.15) is 24.2 Å². The van der Waals surface area contributed by atoms with Crippen LogP contribution in [0.25, 0.3) is 0 Å². The minimum atomic E-state index is -0.0705. The van der Waals surface area contributed by atoms with Crippen LogP contribution in [-0.4, -0.2) is 29.0 Å². The Morgan fingerprint density at radius 3 is 2.54 bits per heavy atom. The molecule has 126 valence electrons. The molecular weight excluding hydrogens is 324 g/mol. The highest BCUT2D eigenvalue weighted by Crippen LogP contribution is 2.23. The van der Waals surface area contributed by atoms with Crippen LogP contribution in [0.3, 0.4) is 0 Å². The average molecular weight is 345 g/mol. The van der Waals surface area contributed by atoms with Crippen molar-refractivity contribution in [3.63, 3.8) is 0 Å². The van der Waals surface area contributed by atoms with Crippen molar-refractivity contribution < 1.29 is 4.79 Å². The lowest BCUT2D eigenvalue weighted by atomic mass is 9.97. The highest BCUT2D eigenvalue weighted by Gasteiger charge is 2.27. The lowest BCUT2D eigenvalue weighted by molar-refractivity contribution is -0.120. The zero-order valence-electron chi connectivity index (χ0n) is 13.9. The number of hydrogen-bond acceptors (Lipinski definition) is 4. The van der Waals surface area contributed by atoms with Crippen LogP contribution in [0.15, 0.2) is 30.3 Å². The normalized spacial score (nSPS) is 17.6. The number of benzene rings is 1. The third-order valence-corrected chi connectivity index (χ3v) is 4.41.